The quantitative estimate of drug-likeness (QED) is 0.586. The van der Waals surface area contributed by atoms with Gasteiger partial charge in [-0.25, -0.2) is 4.79 Å². The summed E-state index contributed by atoms with van der Waals surface area (Å²) in [7, 11) is 0. The van der Waals surface area contributed by atoms with Gasteiger partial charge in [0.1, 0.15) is 11.8 Å². The second-order valence-corrected chi connectivity index (χ2v) is 2.96. The average molecular weight is 238 g/mol. The van der Waals surface area contributed by atoms with E-state index < -0.39 is 22.5 Å². The van der Waals surface area contributed by atoms with E-state index in [9.17, 15) is 19.7 Å². The fraction of sp³-hybridized carbons (Fsp3) is 0.222. The molecule has 0 spiro atoms. The summed E-state index contributed by atoms with van der Waals surface area (Å²) in [6, 6.07) is 0.468. The van der Waals surface area contributed by atoms with Crippen LogP contribution in [-0.4, -0.2) is 28.4 Å². The van der Waals surface area contributed by atoms with Crippen molar-refractivity contribution in [2.75, 3.05) is 6.54 Å². The van der Waals surface area contributed by atoms with Crippen molar-refractivity contribution in [3.63, 3.8) is 0 Å². The number of nitro groups is 1. The fourth-order valence-electron chi connectivity index (χ4n) is 1.10. The van der Waals surface area contributed by atoms with Gasteiger partial charge in [0.15, 0.2) is 0 Å². The van der Waals surface area contributed by atoms with Gasteiger partial charge in [-0.15, -0.1) is 0 Å². The normalized spacial score (nSPS) is 9.47. The lowest BCUT2D eigenvalue weighted by atomic mass is 10.2. The molecule has 0 aromatic carbocycles. The highest BCUT2D eigenvalue weighted by molar-refractivity contribution is 6.06. The van der Waals surface area contributed by atoms with E-state index in [0.717, 1.165) is 6.20 Å². The summed E-state index contributed by atoms with van der Waals surface area (Å²) >= 11 is 0. The Morgan fingerprint density at radius 3 is 2.82 bits per heavy atom. The molecule has 1 rings (SSSR count). The van der Waals surface area contributed by atoms with E-state index in [2.05, 4.69) is 10.3 Å². The summed E-state index contributed by atoms with van der Waals surface area (Å²) in [5, 5.41) is 14.9. The van der Waals surface area contributed by atoms with Crippen LogP contribution in [0.1, 0.15) is 17.3 Å². The lowest BCUT2D eigenvalue weighted by Crippen LogP contribution is -2.39. The number of pyridine rings is 1. The molecule has 0 unspecified atom stereocenters. The Kier molecular flexibility index (Phi) is 4.09. The Labute approximate surface area is 96.2 Å². The second-order valence-electron chi connectivity index (χ2n) is 2.96. The molecular weight excluding hydrogens is 228 g/mol. The minimum Gasteiger partial charge on any atom is -0.338 e. The maximum absolute atomic E-state index is 11.6. The molecule has 0 aliphatic rings. The molecule has 0 bridgehead atoms. The van der Waals surface area contributed by atoms with Gasteiger partial charge < -0.3 is 5.32 Å². The third kappa shape index (κ3) is 3.23. The number of rotatable bonds is 3. The Bertz CT molecular complexity index is 460. The van der Waals surface area contributed by atoms with Crippen LogP contribution < -0.4 is 10.6 Å². The van der Waals surface area contributed by atoms with Gasteiger partial charge in [0.25, 0.3) is 11.6 Å². The van der Waals surface area contributed by atoms with Crippen molar-refractivity contribution in [1.29, 1.82) is 0 Å². The molecule has 8 nitrogen and oxygen atoms in total. The van der Waals surface area contributed by atoms with Gasteiger partial charge >= 0.3 is 6.03 Å². The first-order chi connectivity index (χ1) is 8.06. The van der Waals surface area contributed by atoms with E-state index in [4.69, 9.17) is 0 Å². The molecule has 1 aromatic rings. The second kappa shape index (κ2) is 5.54. The summed E-state index contributed by atoms with van der Waals surface area (Å²) in [5.41, 5.74) is -0.662. The highest BCUT2D eigenvalue weighted by Crippen LogP contribution is 2.15. The van der Waals surface area contributed by atoms with Crippen LogP contribution in [0.4, 0.5) is 10.5 Å². The zero-order valence-electron chi connectivity index (χ0n) is 8.97. The predicted molar refractivity (Wildman–Crippen MR) is 57.4 cm³/mol. The first kappa shape index (κ1) is 12.6. The summed E-state index contributed by atoms with van der Waals surface area (Å²) in [4.78, 5) is 36.1. The van der Waals surface area contributed by atoms with E-state index in [0.29, 0.717) is 6.54 Å². The highest BCUT2D eigenvalue weighted by atomic mass is 16.6. The van der Waals surface area contributed by atoms with E-state index in [1.807, 2.05) is 5.32 Å². The number of carbonyl (C=O) groups excluding carboxylic acids is 2. The Balaban J connectivity index is 2.89. The van der Waals surface area contributed by atoms with Crippen LogP contribution in [-0.2, 0) is 0 Å². The molecule has 0 aliphatic carbocycles. The van der Waals surface area contributed by atoms with E-state index >= 15 is 0 Å². The molecule has 0 saturated carbocycles. The number of imide groups is 1. The molecule has 0 fully saturated rings. The van der Waals surface area contributed by atoms with Gasteiger partial charge in [0.05, 0.1) is 4.92 Å². The average Bonchev–Trinajstić information content (AvgIpc) is 2.29. The van der Waals surface area contributed by atoms with Crippen molar-refractivity contribution < 1.29 is 14.5 Å². The molecule has 0 aliphatic heterocycles. The minimum atomic E-state index is -0.843. The van der Waals surface area contributed by atoms with Crippen molar-refractivity contribution in [3.05, 3.63) is 34.1 Å². The number of hydrogen-bond donors (Lipinski definition) is 2. The van der Waals surface area contributed by atoms with Crippen molar-refractivity contribution in [2.24, 2.45) is 0 Å². The Morgan fingerprint density at radius 1 is 1.53 bits per heavy atom. The zero-order chi connectivity index (χ0) is 12.8. The first-order valence-electron chi connectivity index (χ1n) is 4.73. The third-order valence-electron chi connectivity index (χ3n) is 1.81. The van der Waals surface area contributed by atoms with Crippen molar-refractivity contribution >= 4 is 17.6 Å². The molecule has 0 radical (unpaired) electrons. The highest BCUT2D eigenvalue weighted by Gasteiger charge is 2.21. The molecule has 2 N–H and O–H groups in total. The number of carbonyl (C=O) groups is 2. The Morgan fingerprint density at radius 2 is 2.24 bits per heavy atom. The lowest BCUT2D eigenvalue weighted by molar-refractivity contribution is -0.385. The molecule has 3 amide bonds. The third-order valence-corrected chi connectivity index (χ3v) is 1.81. The maximum atomic E-state index is 11.6. The summed E-state index contributed by atoms with van der Waals surface area (Å²) in [6.07, 6.45) is 2.19. The van der Waals surface area contributed by atoms with E-state index in [-0.39, 0.29) is 5.56 Å². The van der Waals surface area contributed by atoms with Crippen LogP contribution in [0.2, 0.25) is 0 Å². The van der Waals surface area contributed by atoms with Crippen LogP contribution in [0.3, 0.4) is 0 Å². The Hall–Kier alpha value is -2.51. The summed E-state index contributed by atoms with van der Waals surface area (Å²) in [5.74, 6) is -0.843. The van der Waals surface area contributed by atoms with Gasteiger partial charge in [0, 0.05) is 12.7 Å². The molecule has 0 saturated heterocycles. The fourth-order valence-corrected chi connectivity index (χ4v) is 1.10. The SMILES string of the molecule is CCNC(=O)NC(=O)c1ccncc1[N+](=O)[O-]. The zero-order valence-corrected chi connectivity index (χ0v) is 8.97. The van der Waals surface area contributed by atoms with Gasteiger partial charge in [-0.05, 0) is 13.0 Å². The number of urea groups is 1. The number of aromatic nitrogens is 1. The number of nitrogens with one attached hydrogen (secondary N) is 2. The van der Waals surface area contributed by atoms with E-state index in [1.165, 1.54) is 12.3 Å². The van der Waals surface area contributed by atoms with Gasteiger partial charge in [-0.3, -0.25) is 25.2 Å². The number of hydrogen-bond acceptors (Lipinski definition) is 5. The monoisotopic (exact) mass is 238 g/mol. The van der Waals surface area contributed by atoms with Crippen LogP contribution in [0.25, 0.3) is 0 Å². The van der Waals surface area contributed by atoms with Gasteiger partial charge in [-0.2, -0.15) is 0 Å². The minimum absolute atomic E-state index is 0.212. The van der Waals surface area contributed by atoms with Crippen molar-refractivity contribution in [1.82, 2.24) is 15.6 Å². The molecule has 1 heterocycles. The van der Waals surface area contributed by atoms with Crippen molar-refractivity contribution in [3.8, 4) is 0 Å². The molecule has 1 aromatic heterocycles. The molecule has 8 heteroatoms. The largest absolute Gasteiger partial charge is 0.338 e. The predicted octanol–water partition coefficient (Wildman–Crippen LogP) is 0.449. The van der Waals surface area contributed by atoms with Gasteiger partial charge in [-0.1, -0.05) is 0 Å². The molecule has 0 atom stereocenters. The van der Waals surface area contributed by atoms with Crippen LogP contribution in [0.15, 0.2) is 18.5 Å². The molecular formula is C9H10N4O4. The standard InChI is InChI=1S/C9H10N4O4/c1-2-11-9(15)12-8(14)6-3-4-10-5-7(6)13(16)17/h3-5H,2H2,1H3,(H2,11,12,14,15). The topological polar surface area (TPSA) is 114 Å². The van der Waals surface area contributed by atoms with Gasteiger partial charge in [0.2, 0.25) is 0 Å². The first-order valence-corrected chi connectivity index (χ1v) is 4.73. The summed E-state index contributed by atoms with van der Waals surface area (Å²) in [6.45, 7) is 2.02. The smallest absolute Gasteiger partial charge is 0.321 e. The lowest BCUT2D eigenvalue weighted by Gasteiger charge is -2.04. The van der Waals surface area contributed by atoms with Crippen molar-refractivity contribution in [2.45, 2.75) is 6.92 Å². The summed E-state index contributed by atoms with van der Waals surface area (Å²) < 4.78 is 0. The number of nitrogens with zero attached hydrogens (tertiary/aromatic N) is 2. The van der Waals surface area contributed by atoms with Crippen LogP contribution in [0, 0.1) is 10.1 Å². The van der Waals surface area contributed by atoms with Crippen LogP contribution in [0.5, 0.6) is 0 Å². The number of amides is 3. The van der Waals surface area contributed by atoms with Crippen LogP contribution >= 0.6 is 0 Å². The molecule has 90 valence electrons. The molecule has 17 heavy (non-hydrogen) atoms. The maximum Gasteiger partial charge on any atom is 0.321 e. The van der Waals surface area contributed by atoms with E-state index in [1.54, 1.807) is 6.92 Å².